The van der Waals surface area contributed by atoms with Crippen LogP contribution in [-0.4, -0.2) is 49.9 Å². The number of carbonyl (C=O) groups excluding carboxylic acids is 3. The van der Waals surface area contributed by atoms with Crippen LogP contribution in [0.1, 0.15) is 46.1 Å². The van der Waals surface area contributed by atoms with Crippen molar-refractivity contribution in [3.8, 4) is 0 Å². The first-order valence-electron chi connectivity index (χ1n) is 12.4. The maximum absolute atomic E-state index is 13.5. The van der Waals surface area contributed by atoms with E-state index in [1.165, 1.54) is 32.5 Å². The molecule has 4 aliphatic rings. The number of rotatable bonds is 3. The molecule has 2 N–H and O–H groups in total. The van der Waals surface area contributed by atoms with E-state index in [0.29, 0.717) is 18.4 Å². The van der Waals surface area contributed by atoms with Crippen LogP contribution < -0.4 is 16.6 Å². The lowest BCUT2D eigenvalue weighted by Gasteiger charge is -2.51. The summed E-state index contributed by atoms with van der Waals surface area (Å²) >= 11 is 0. The third-order valence-electron chi connectivity index (χ3n) is 9.56. The molecule has 0 saturated heterocycles. The Morgan fingerprint density at radius 3 is 2.33 bits per heavy atom. The average Bonchev–Trinajstić information content (AvgIpc) is 3.41. The van der Waals surface area contributed by atoms with Gasteiger partial charge >= 0.3 is 17.6 Å². The molecule has 0 spiro atoms. The van der Waals surface area contributed by atoms with Crippen molar-refractivity contribution in [2.24, 2.45) is 49.1 Å². The lowest BCUT2D eigenvalue weighted by atomic mass is 9.59. The number of fused-ring (bicyclic) bond motifs is 4. The number of aromatic nitrogens is 2. The van der Waals surface area contributed by atoms with Crippen molar-refractivity contribution in [3.05, 3.63) is 26.4 Å². The summed E-state index contributed by atoms with van der Waals surface area (Å²) in [5.74, 6) is -3.43. The number of hydrogen-bond acceptors (Lipinski definition) is 8. The predicted octanol–water partition coefficient (Wildman–Crippen LogP) is 0.101. The Labute approximate surface area is 207 Å². The van der Waals surface area contributed by atoms with Crippen molar-refractivity contribution in [2.45, 2.75) is 64.8 Å². The first-order valence-corrected chi connectivity index (χ1v) is 12.4. The second-order valence-corrected chi connectivity index (χ2v) is 11.4. The highest BCUT2D eigenvalue weighted by molar-refractivity contribution is 5.95. The molecular weight excluding hydrogens is 470 g/mol. The van der Waals surface area contributed by atoms with Gasteiger partial charge in [-0.2, -0.15) is 0 Å². The fraction of sp³-hybridized carbons (Fsp3) is 0.720. The minimum Gasteiger partial charge on any atom is -0.462 e. The molecule has 196 valence electrons. The van der Waals surface area contributed by atoms with Crippen LogP contribution >= 0.6 is 0 Å². The van der Waals surface area contributed by atoms with Gasteiger partial charge in [0.15, 0.2) is 0 Å². The number of amides is 1. The SMILES string of the molecule is CC(=O)O[C@H]1C[C@H]2[C@]3(C)C[C@@H]3[C@@H]([C@H]3Cc4c(n(C)c(=O)n(C)c4=O)NC3=O)[C@H](OC(C)=O)[C@]2(O)[C@H]1C. The molecule has 9 atom stereocenters. The van der Waals surface area contributed by atoms with Crippen LogP contribution in [0.5, 0.6) is 0 Å². The van der Waals surface area contributed by atoms with Crippen molar-refractivity contribution >= 4 is 23.7 Å². The van der Waals surface area contributed by atoms with Crippen LogP contribution in [0.2, 0.25) is 0 Å². The number of ether oxygens (including phenoxy) is 2. The summed E-state index contributed by atoms with van der Waals surface area (Å²) in [6.45, 7) is 6.44. The predicted molar refractivity (Wildman–Crippen MR) is 126 cm³/mol. The van der Waals surface area contributed by atoms with Gasteiger partial charge in [-0.1, -0.05) is 13.8 Å². The molecule has 11 nitrogen and oxygen atoms in total. The molecule has 5 rings (SSSR count). The highest BCUT2D eigenvalue weighted by Crippen LogP contribution is 2.74. The zero-order chi connectivity index (χ0) is 26.5. The number of hydrogen-bond donors (Lipinski definition) is 2. The van der Waals surface area contributed by atoms with Gasteiger partial charge in [0.2, 0.25) is 5.91 Å². The van der Waals surface area contributed by atoms with Crippen LogP contribution in [0.15, 0.2) is 9.59 Å². The van der Waals surface area contributed by atoms with Gasteiger partial charge in [0.25, 0.3) is 5.56 Å². The third kappa shape index (κ3) is 3.17. The number of aliphatic hydroxyl groups is 1. The zero-order valence-electron chi connectivity index (χ0n) is 21.4. The summed E-state index contributed by atoms with van der Waals surface area (Å²) < 4.78 is 13.6. The van der Waals surface area contributed by atoms with Gasteiger partial charge in [-0.15, -0.1) is 0 Å². The van der Waals surface area contributed by atoms with Crippen LogP contribution in [0.4, 0.5) is 5.82 Å². The minimum absolute atomic E-state index is 0.0379. The van der Waals surface area contributed by atoms with Crippen molar-refractivity contribution in [3.63, 3.8) is 0 Å². The molecule has 1 aliphatic heterocycles. The van der Waals surface area contributed by atoms with Gasteiger partial charge in [-0.05, 0) is 30.6 Å². The Balaban J connectivity index is 1.61. The summed E-state index contributed by atoms with van der Waals surface area (Å²) in [6.07, 6.45) is -0.361. The molecule has 1 aromatic heterocycles. The van der Waals surface area contributed by atoms with E-state index in [-0.39, 0.29) is 35.4 Å². The van der Waals surface area contributed by atoms with E-state index in [2.05, 4.69) is 12.2 Å². The summed E-state index contributed by atoms with van der Waals surface area (Å²) in [6, 6.07) is 0. The number of esters is 2. The fourth-order valence-corrected chi connectivity index (χ4v) is 7.70. The first kappa shape index (κ1) is 24.7. The highest BCUT2D eigenvalue weighted by atomic mass is 16.6. The van der Waals surface area contributed by atoms with Crippen molar-refractivity contribution in [1.82, 2.24) is 9.13 Å². The van der Waals surface area contributed by atoms with Gasteiger partial charge < -0.3 is 19.9 Å². The largest absolute Gasteiger partial charge is 0.462 e. The molecule has 0 bridgehead atoms. The summed E-state index contributed by atoms with van der Waals surface area (Å²) in [7, 11) is 2.88. The molecule has 0 aromatic carbocycles. The second-order valence-electron chi connectivity index (χ2n) is 11.4. The smallest absolute Gasteiger partial charge is 0.332 e. The molecule has 11 heteroatoms. The van der Waals surface area contributed by atoms with Crippen LogP contribution in [0.25, 0.3) is 0 Å². The Hall–Kier alpha value is -2.95. The molecule has 1 aromatic rings. The molecule has 3 saturated carbocycles. The van der Waals surface area contributed by atoms with Crippen molar-refractivity contribution in [2.75, 3.05) is 5.32 Å². The van der Waals surface area contributed by atoms with Crippen LogP contribution in [0.3, 0.4) is 0 Å². The van der Waals surface area contributed by atoms with E-state index < -0.39 is 58.8 Å². The van der Waals surface area contributed by atoms with E-state index in [1.54, 1.807) is 6.92 Å². The Morgan fingerprint density at radius 1 is 1.08 bits per heavy atom. The quantitative estimate of drug-likeness (QED) is 0.553. The molecule has 0 unspecified atom stereocenters. The standard InChI is InChI=1S/C25H33N3O8/c1-10-16(35-11(2)29)8-17-24(4)9-15(24)18(19(25(10,17)34)36-12(3)30)13-7-14-20(26-21(13)31)27(5)23(33)28(6)22(14)32/h10,13,15-19,34H,7-9H2,1-6H3,(H,26,31)/t10-,13+,15+,16-,17-,18+,19-,24+,25-/m0/s1. The normalized spacial score (nSPS) is 40.4. The van der Waals surface area contributed by atoms with Crippen LogP contribution in [-0.2, 0) is 44.4 Å². The van der Waals surface area contributed by atoms with Gasteiger partial charge in [0.05, 0.1) is 5.56 Å². The van der Waals surface area contributed by atoms with Crippen molar-refractivity contribution < 1.29 is 29.0 Å². The number of carbonyl (C=O) groups is 3. The van der Waals surface area contributed by atoms with Gasteiger partial charge in [0, 0.05) is 51.6 Å². The van der Waals surface area contributed by atoms with Crippen LogP contribution in [0, 0.1) is 35.0 Å². The average molecular weight is 504 g/mol. The maximum atomic E-state index is 13.5. The molecule has 3 fully saturated rings. The number of anilines is 1. The van der Waals surface area contributed by atoms with Crippen molar-refractivity contribution in [1.29, 1.82) is 0 Å². The number of nitrogens with zero attached hydrogens (tertiary/aromatic N) is 2. The monoisotopic (exact) mass is 503 g/mol. The summed E-state index contributed by atoms with van der Waals surface area (Å²) in [5, 5.41) is 15.0. The minimum atomic E-state index is -1.52. The third-order valence-corrected chi connectivity index (χ3v) is 9.56. The van der Waals surface area contributed by atoms with Gasteiger partial charge in [-0.3, -0.25) is 28.3 Å². The lowest BCUT2D eigenvalue weighted by molar-refractivity contribution is -0.216. The van der Waals surface area contributed by atoms with E-state index in [0.717, 1.165) is 4.57 Å². The summed E-state index contributed by atoms with van der Waals surface area (Å²) in [5.41, 5.74) is -2.59. The maximum Gasteiger partial charge on any atom is 0.332 e. The lowest BCUT2D eigenvalue weighted by Crippen LogP contribution is -2.63. The number of nitrogens with one attached hydrogen (secondary N) is 1. The molecule has 36 heavy (non-hydrogen) atoms. The van der Waals surface area contributed by atoms with E-state index in [9.17, 15) is 29.1 Å². The Morgan fingerprint density at radius 2 is 1.72 bits per heavy atom. The van der Waals surface area contributed by atoms with E-state index in [4.69, 9.17) is 9.47 Å². The highest BCUT2D eigenvalue weighted by Gasteiger charge is 2.77. The Bertz CT molecular complexity index is 1300. The topological polar surface area (TPSA) is 146 Å². The fourth-order valence-electron chi connectivity index (χ4n) is 7.70. The summed E-state index contributed by atoms with van der Waals surface area (Å²) in [4.78, 5) is 62.9. The molecule has 1 amide bonds. The molecular formula is C25H33N3O8. The van der Waals surface area contributed by atoms with Gasteiger partial charge in [0.1, 0.15) is 23.6 Å². The molecule has 2 heterocycles. The Kier molecular flexibility index (Phi) is 5.34. The zero-order valence-corrected chi connectivity index (χ0v) is 21.4. The first-order chi connectivity index (χ1) is 16.7. The second kappa shape index (κ2) is 7.77. The van der Waals surface area contributed by atoms with E-state index >= 15 is 0 Å². The molecule has 3 aliphatic carbocycles. The van der Waals surface area contributed by atoms with Gasteiger partial charge in [-0.25, -0.2) is 4.79 Å². The van der Waals surface area contributed by atoms with E-state index in [1.807, 2.05) is 0 Å². The molecule has 0 radical (unpaired) electrons.